The number of nitrogens with zero attached hydrogens (tertiary/aromatic N) is 2. The number of hydrogen-bond acceptors (Lipinski definition) is 3. The Labute approximate surface area is 124 Å². The minimum Gasteiger partial charge on any atom is -0.381 e. The first-order chi connectivity index (χ1) is 9.81. The van der Waals surface area contributed by atoms with Gasteiger partial charge in [-0.25, -0.2) is 0 Å². The van der Waals surface area contributed by atoms with E-state index in [0.717, 1.165) is 32.8 Å². The summed E-state index contributed by atoms with van der Waals surface area (Å²) in [5, 5.41) is 2.14. The van der Waals surface area contributed by atoms with Gasteiger partial charge in [-0.3, -0.25) is 0 Å². The standard InChI is InChI=1S/C16H22N2OS/c1-17(10-14-6-8-19-13-14)11-15-4-2-7-18(15)12-16-5-3-9-20-16/h2-5,7,9,14H,6,8,10-13H2,1H3. The average Bonchev–Trinajstić information content (AvgIpc) is 3.14. The van der Waals surface area contributed by atoms with Crippen LogP contribution in [0.3, 0.4) is 0 Å². The summed E-state index contributed by atoms with van der Waals surface area (Å²) in [5.41, 5.74) is 1.39. The Hall–Kier alpha value is -1.10. The van der Waals surface area contributed by atoms with E-state index in [-0.39, 0.29) is 0 Å². The van der Waals surface area contributed by atoms with Gasteiger partial charge in [0.1, 0.15) is 0 Å². The molecular formula is C16H22N2OS. The summed E-state index contributed by atoms with van der Waals surface area (Å²) in [7, 11) is 2.21. The van der Waals surface area contributed by atoms with Crippen molar-refractivity contribution in [3.05, 3.63) is 46.4 Å². The van der Waals surface area contributed by atoms with Crippen molar-refractivity contribution in [1.29, 1.82) is 0 Å². The van der Waals surface area contributed by atoms with Gasteiger partial charge in [0.25, 0.3) is 0 Å². The van der Waals surface area contributed by atoms with E-state index in [1.807, 2.05) is 11.3 Å². The molecule has 0 amide bonds. The van der Waals surface area contributed by atoms with Crippen LogP contribution in [0.5, 0.6) is 0 Å². The Balaban J connectivity index is 1.58. The van der Waals surface area contributed by atoms with Crippen LogP contribution in [0.15, 0.2) is 35.8 Å². The van der Waals surface area contributed by atoms with Gasteiger partial charge in [0, 0.05) is 36.5 Å². The number of hydrogen-bond donors (Lipinski definition) is 0. The summed E-state index contributed by atoms with van der Waals surface area (Å²) in [6.45, 7) is 4.99. The van der Waals surface area contributed by atoms with Crippen LogP contribution in [-0.2, 0) is 17.8 Å². The predicted molar refractivity (Wildman–Crippen MR) is 83.1 cm³/mol. The van der Waals surface area contributed by atoms with Crippen LogP contribution in [0.1, 0.15) is 17.0 Å². The average molecular weight is 290 g/mol. The molecule has 2 aromatic heterocycles. The molecule has 0 aromatic carbocycles. The summed E-state index contributed by atoms with van der Waals surface area (Å²) < 4.78 is 7.81. The molecule has 0 N–H and O–H groups in total. The van der Waals surface area contributed by atoms with Gasteiger partial charge in [-0.15, -0.1) is 11.3 Å². The summed E-state index contributed by atoms with van der Waals surface area (Å²) in [4.78, 5) is 3.83. The molecule has 0 radical (unpaired) electrons. The molecule has 108 valence electrons. The second-order valence-corrected chi connectivity index (χ2v) is 6.67. The van der Waals surface area contributed by atoms with E-state index < -0.39 is 0 Å². The Morgan fingerprint density at radius 1 is 1.40 bits per heavy atom. The summed E-state index contributed by atoms with van der Waals surface area (Å²) >= 11 is 1.82. The second kappa shape index (κ2) is 6.57. The molecule has 2 aromatic rings. The number of ether oxygens (including phenoxy) is 1. The molecule has 1 atom stereocenters. The van der Waals surface area contributed by atoms with Crippen molar-refractivity contribution in [1.82, 2.24) is 9.47 Å². The maximum Gasteiger partial charge on any atom is 0.0566 e. The van der Waals surface area contributed by atoms with Crippen LogP contribution in [0.25, 0.3) is 0 Å². The van der Waals surface area contributed by atoms with Gasteiger partial charge in [-0.05, 0) is 43.0 Å². The van der Waals surface area contributed by atoms with E-state index in [9.17, 15) is 0 Å². The Morgan fingerprint density at radius 2 is 2.35 bits per heavy atom. The molecule has 1 saturated heterocycles. The topological polar surface area (TPSA) is 17.4 Å². The molecular weight excluding hydrogens is 268 g/mol. The van der Waals surface area contributed by atoms with Crippen molar-refractivity contribution < 1.29 is 4.74 Å². The van der Waals surface area contributed by atoms with E-state index in [2.05, 4.69) is 52.4 Å². The van der Waals surface area contributed by atoms with E-state index in [1.54, 1.807) is 0 Å². The van der Waals surface area contributed by atoms with E-state index >= 15 is 0 Å². The molecule has 0 saturated carbocycles. The van der Waals surface area contributed by atoms with Crippen LogP contribution >= 0.6 is 11.3 Å². The van der Waals surface area contributed by atoms with Crippen molar-refractivity contribution >= 4 is 11.3 Å². The molecule has 0 spiro atoms. The lowest BCUT2D eigenvalue weighted by molar-refractivity contribution is 0.172. The molecule has 3 nitrogen and oxygen atoms in total. The highest BCUT2D eigenvalue weighted by molar-refractivity contribution is 7.09. The number of thiophene rings is 1. The van der Waals surface area contributed by atoms with Gasteiger partial charge in [-0.2, -0.15) is 0 Å². The maximum absolute atomic E-state index is 5.46. The fourth-order valence-electron chi connectivity index (χ4n) is 2.83. The van der Waals surface area contributed by atoms with Crippen molar-refractivity contribution in [3.63, 3.8) is 0 Å². The second-order valence-electron chi connectivity index (χ2n) is 5.63. The molecule has 0 aliphatic carbocycles. The van der Waals surface area contributed by atoms with Crippen molar-refractivity contribution in [3.8, 4) is 0 Å². The molecule has 20 heavy (non-hydrogen) atoms. The number of aromatic nitrogens is 1. The molecule has 1 aliphatic rings. The third kappa shape index (κ3) is 3.51. The van der Waals surface area contributed by atoms with E-state index in [4.69, 9.17) is 4.74 Å². The first-order valence-corrected chi connectivity index (χ1v) is 8.12. The van der Waals surface area contributed by atoms with Gasteiger partial charge in [0.15, 0.2) is 0 Å². The predicted octanol–water partition coefficient (Wildman–Crippen LogP) is 3.07. The zero-order chi connectivity index (χ0) is 13.8. The summed E-state index contributed by atoms with van der Waals surface area (Å²) in [5.74, 6) is 0.709. The largest absolute Gasteiger partial charge is 0.381 e. The molecule has 3 heterocycles. The smallest absolute Gasteiger partial charge is 0.0566 e. The lowest BCUT2D eigenvalue weighted by atomic mass is 10.1. The van der Waals surface area contributed by atoms with Gasteiger partial charge < -0.3 is 14.2 Å². The molecule has 3 rings (SSSR count). The molecule has 0 bridgehead atoms. The van der Waals surface area contributed by atoms with E-state index in [0.29, 0.717) is 5.92 Å². The van der Waals surface area contributed by atoms with Crippen LogP contribution in [-0.4, -0.2) is 36.3 Å². The monoisotopic (exact) mass is 290 g/mol. The maximum atomic E-state index is 5.46. The third-order valence-electron chi connectivity index (χ3n) is 3.86. The molecule has 1 unspecified atom stereocenters. The number of rotatable bonds is 6. The quantitative estimate of drug-likeness (QED) is 0.813. The van der Waals surface area contributed by atoms with Crippen LogP contribution in [0.4, 0.5) is 0 Å². The van der Waals surface area contributed by atoms with Crippen LogP contribution in [0, 0.1) is 5.92 Å². The fraction of sp³-hybridized carbons (Fsp3) is 0.500. The first-order valence-electron chi connectivity index (χ1n) is 7.24. The minimum atomic E-state index is 0.709. The SMILES string of the molecule is CN(Cc1cccn1Cc1cccs1)CC1CCOC1. The van der Waals surface area contributed by atoms with Crippen molar-refractivity contribution in [2.24, 2.45) is 5.92 Å². The summed E-state index contributed by atoms with van der Waals surface area (Å²) in [6, 6.07) is 8.70. The lowest BCUT2D eigenvalue weighted by Gasteiger charge is -2.21. The highest BCUT2D eigenvalue weighted by atomic mass is 32.1. The molecule has 1 aliphatic heterocycles. The van der Waals surface area contributed by atoms with Gasteiger partial charge >= 0.3 is 0 Å². The minimum absolute atomic E-state index is 0.709. The lowest BCUT2D eigenvalue weighted by Crippen LogP contribution is -2.26. The Kier molecular flexibility index (Phi) is 4.55. The Bertz CT molecular complexity index is 514. The fourth-order valence-corrected chi connectivity index (χ4v) is 3.53. The zero-order valence-corrected chi connectivity index (χ0v) is 12.8. The van der Waals surface area contributed by atoms with Crippen molar-refractivity contribution in [2.75, 3.05) is 26.8 Å². The van der Waals surface area contributed by atoms with Crippen LogP contribution < -0.4 is 0 Å². The molecule has 4 heteroatoms. The van der Waals surface area contributed by atoms with Crippen LogP contribution in [0.2, 0.25) is 0 Å². The highest BCUT2D eigenvalue weighted by Crippen LogP contribution is 2.16. The summed E-state index contributed by atoms with van der Waals surface area (Å²) in [6.07, 6.45) is 3.39. The van der Waals surface area contributed by atoms with Gasteiger partial charge in [-0.1, -0.05) is 6.07 Å². The van der Waals surface area contributed by atoms with Gasteiger partial charge in [0.05, 0.1) is 13.2 Å². The normalized spacial score (nSPS) is 19.0. The highest BCUT2D eigenvalue weighted by Gasteiger charge is 2.18. The van der Waals surface area contributed by atoms with Crippen molar-refractivity contribution in [2.45, 2.75) is 19.5 Å². The zero-order valence-electron chi connectivity index (χ0n) is 12.0. The molecule has 1 fully saturated rings. The van der Waals surface area contributed by atoms with E-state index in [1.165, 1.54) is 17.0 Å². The van der Waals surface area contributed by atoms with Gasteiger partial charge in [0.2, 0.25) is 0 Å². The first kappa shape index (κ1) is 13.9. The third-order valence-corrected chi connectivity index (χ3v) is 4.72. The Morgan fingerprint density at radius 3 is 3.10 bits per heavy atom.